The highest BCUT2D eigenvalue weighted by atomic mass is 127. The molecule has 0 spiro atoms. The van der Waals surface area contributed by atoms with Gasteiger partial charge in [0.15, 0.2) is 5.96 Å². The quantitative estimate of drug-likeness (QED) is 0.377. The number of halogens is 1. The Labute approximate surface area is 184 Å². The van der Waals surface area contributed by atoms with Gasteiger partial charge in [-0.1, -0.05) is 12.1 Å². The summed E-state index contributed by atoms with van der Waals surface area (Å²) in [5, 5.41) is 6.20. The summed E-state index contributed by atoms with van der Waals surface area (Å²) < 4.78 is 2.24. The number of hydrogen-bond donors (Lipinski definition) is 2. The Kier molecular flexibility index (Phi) is 8.53. The van der Waals surface area contributed by atoms with Crippen LogP contribution in [0.3, 0.4) is 0 Å². The molecule has 0 aliphatic carbocycles. The van der Waals surface area contributed by atoms with Gasteiger partial charge in [-0.15, -0.1) is 24.0 Å². The van der Waals surface area contributed by atoms with Gasteiger partial charge in [-0.05, 0) is 37.8 Å². The number of carbonyl (C=O) groups is 1. The number of fused-ring (bicyclic) bond motifs is 1. The molecular formula is C20H31IN6O. The first-order valence-electron chi connectivity index (χ1n) is 9.70. The standard InChI is InChI=1S/C20H30N6O.HI/c1-15-24-17-6-4-5-7-18(17)26(15)13-10-23-20(22-3)25-11-8-16(9-12-25)14-19(27)21-2;/h4-7,16H,8-14H2,1-3H3,(H,21,27)(H,22,23);1H. The highest BCUT2D eigenvalue weighted by molar-refractivity contribution is 14.0. The molecule has 8 heteroatoms. The number of piperidine rings is 1. The summed E-state index contributed by atoms with van der Waals surface area (Å²) in [6.45, 7) is 5.57. The van der Waals surface area contributed by atoms with Crippen LogP contribution in [-0.4, -0.2) is 60.0 Å². The molecule has 0 bridgehead atoms. The predicted octanol–water partition coefficient (Wildman–Crippen LogP) is 2.39. The van der Waals surface area contributed by atoms with Crippen LogP contribution in [-0.2, 0) is 11.3 Å². The van der Waals surface area contributed by atoms with E-state index in [1.807, 2.05) is 26.1 Å². The molecule has 1 aromatic heterocycles. The largest absolute Gasteiger partial charge is 0.359 e. The van der Waals surface area contributed by atoms with Crippen LogP contribution in [0.25, 0.3) is 11.0 Å². The van der Waals surface area contributed by atoms with E-state index in [9.17, 15) is 4.79 Å². The summed E-state index contributed by atoms with van der Waals surface area (Å²) in [5.41, 5.74) is 2.21. The Morgan fingerprint density at radius 3 is 2.68 bits per heavy atom. The van der Waals surface area contributed by atoms with Crippen molar-refractivity contribution in [3.8, 4) is 0 Å². The van der Waals surface area contributed by atoms with Crippen molar-refractivity contribution >= 4 is 46.9 Å². The number of amides is 1. The van der Waals surface area contributed by atoms with Gasteiger partial charge in [-0.2, -0.15) is 0 Å². The van der Waals surface area contributed by atoms with Crippen LogP contribution in [0.1, 0.15) is 25.1 Å². The fourth-order valence-electron chi connectivity index (χ4n) is 3.80. The zero-order chi connectivity index (χ0) is 19.2. The topological polar surface area (TPSA) is 74.5 Å². The van der Waals surface area contributed by atoms with E-state index in [0.717, 1.165) is 56.3 Å². The third-order valence-electron chi connectivity index (χ3n) is 5.34. The van der Waals surface area contributed by atoms with Crippen LogP contribution in [0.4, 0.5) is 0 Å². The molecule has 1 fully saturated rings. The lowest BCUT2D eigenvalue weighted by Gasteiger charge is -2.34. The number of benzene rings is 1. The van der Waals surface area contributed by atoms with Crippen molar-refractivity contribution in [3.05, 3.63) is 30.1 Å². The van der Waals surface area contributed by atoms with Crippen LogP contribution < -0.4 is 10.6 Å². The second kappa shape index (κ2) is 10.6. The van der Waals surface area contributed by atoms with Gasteiger partial charge in [0, 0.05) is 46.7 Å². The minimum absolute atomic E-state index is 0. The molecule has 1 aliphatic heterocycles. The number of likely N-dealkylation sites (tertiary alicyclic amines) is 1. The lowest BCUT2D eigenvalue weighted by atomic mass is 9.93. The van der Waals surface area contributed by atoms with Crippen molar-refractivity contribution in [2.45, 2.75) is 32.7 Å². The third-order valence-corrected chi connectivity index (χ3v) is 5.34. The zero-order valence-electron chi connectivity index (χ0n) is 16.9. The molecule has 2 N–H and O–H groups in total. The van der Waals surface area contributed by atoms with Gasteiger partial charge in [0.1, 0.15) is 5.82 Å². The average molecular weight is 498 g/mol. The molecule has 1 aromatic carbocycles. The van der Waals surface area contributed by atoms with Gasteiger partial charge in [-0.3, -0.25) is 9.79 Å². The Morgan fingerprint density at radius 2 is 2.00 bits per heavy atom. The number of para-hydroxylation sites is 2. The summed E-state index contributed by atoms with van der Waals surface area (Å²) in [7, 11) is 3.53. The molecule has 0 atom stereocenters. The number of carbonyl (C=O) groups excluding carboxylic acids is 1. The van der Waals surface area contributed by atoms with Crippen LogP contribution in [0.15, 0.2) is 29.3 Å². The molecule has 1 amide bonds. The average Bonchev–Trinajstić information content (AvgIpc) is 3.01. The maximum Gasteiger partial charge on any atom is 0.220 e. The first kappa shape index (κ1) is 22.4. The number of nitrogens with one attached hydrogen (secondary N) is 2. The van der Waals surface area contributed by atoms with E-state index in [1.54, 1.807) is 7.05 Å². The normalized spacial score (nSPS) is 15.4. The van der Waals surface area contributed by atoms with Crippen LogP contribution in [0, 0.1) is 12.8 Å². The van der Waals surface area contributed by atoms with E-state index < -0.39 is 0 Å². The molecule has 2 heterocycles. The lowest BCUT2D eigenvalue weighted by molar-refractivity contribution is -0.121. The molecule has 0 radical (unpaired) electrons. The van der Waals surface area contributed by atoms with E-state index in [1.165, 1.54) is 5.52 Å². The van der Waals surface area contributed by atoms with Gasteiger partial charge < -0.3 is 20.1 Å². The van der Waals surface area contributed by atoms with Crippen molar-refractivity contribution < 1.29 is 4.79 Å². The molecule has 0 unspecified atom stereocenters. The molecule has 1 aliphatic rings. The van der Waals surface area contributed by atoms with E-state index >= 15 is 0 Å². The monoisotopic (exact) mass is 498 g/mol. The Hall–Kier alpha value is -1.84. The number of imidazole rings is 1. The van der Waals surface area contributed by atoms with Gasteiger partial charge in [0.05, 0.1) is 11.0 Å². The van der Waals surface area contributed by atoms with Gasteiger partial charge in [0.25, 0.3) is 0 Å². The van der Waals surface area contributed by atoms with E-state index in [2.05, 4.69) is 42.2 Å². The molecule has 3 rings (SSSR count). The van der Waals surface area contributed by atoms with Crippen molar-refractivity contribution in [1.82, 2.24) is 25.1 Å². The van der Waals surface area contributed by atoms with Gasteiger partial charge in [-0.25, -0.2) is 4.98 Å². The summed E-state index contributed by atoms with van der Waals surface area (Å²) in [6.07, 6.45) is 2.68. The first-order chi connectivity index (χ1) is 13.1. The van der Waals surface area contributed by atoms with Crippen molar-refractivity contribution in [1.29, 1.82) is 0 Å². The van der Waals surface area contributed by atoms with Gasteiger partial charge >= 0.3 is 0 Å². The van der Waals surface area contributed by atoms with Crippen LogP contribution in [0.2, 0.25) is 0 Å². The van der Waals surface area contributed by atoms with E-state index in [0.29, 0.717) is 12.3 Å². The summed E-state index contributed by atoms with van der Waals surface area (Å²) in [6, 6.07) is 8.23. The first-order valence-corrected chi connectivity index (χ1v) is 9.70. The van der Waals surface area contributed by atoms with Crippen molar-refractivity contribution in [3.63, 3.8) is 0 Å². The molecular weight excluding hydrogens is 467 g/mol. The molecule has 7 nitrogen and oxygen atoms in total. The fourth-order valence-corrected chi connectivity index (χ4v) is 3.80. The molecule has 1 saturated heterocycles. The number of nitrogens with zero attached hydrogens (tertiary/aromatic N) is 4. The molecule has 2 aromatic rings. The smallest absolute Gasteiger partial charge is 0.220 e. The predicted molar refractivity (Wildman–Crippen MR) is 124 cm³/mol. The number of rotatable bonds is 5. The fraction of sp³-hybridized carbons (Fsp3) is 0.550. The number of guanidine groups is 1. The summed E-state index contributed by atoms with van der Waals surface area (Å²) in [4.78, 5) is 22.9. The molecule has 0 saturated carbocycles. The van der Waals surface area contributed by atoms with Crippen molar-refractivity contribution in [2.75, 3.05) is 33.7 Å². The summed E-state index contributed by atoms with van der Waals surface area (Å²) in [5.74, 6) is 2.58. The maximum absolute atomic E-state index is 11.6. The number of aromatic nitrogens is 2. The zero-order valence-corrected chi connectivity index (χ0v) is 19.3. The number of hydrogen-bond acceptors (Lipinski definition) is 3. The van der Waals surface area contributed by atoms with Crippen molar-refractivity contribution in [2.24, 2.45) is 10.9 Å². The van der Waals surface area contributed by atoms with Crippen LogP contribution >= 0.6 is 24.0 Å². The van der Waals surface area contributed by atoms with Gasteiger partial charge in [0.2, 0.25) is 5.91 Å². The molecule has 154 valence electrons. The second-order valence-electron chi connectivity index (χ2n) is 7.08. The third kappa shape index (κ3) is 5.36. The minimum Gasteiger partial charge on any atom is -0.359 e. The second-order valence-corrected chi connectivity index (χ2v) is 7.08. The number of aliphatic imine (C=N–C) groups is 1. The SMILES string of the molecule is CN=C(NCCn1c(C)nc2ccccc21)N1CCC(CC(=O)NC)CC1.I. The van der Waals surface area contributed by atoms with E-state index in [4.69, 9.17) is 0 Å². The Balaban J connectivity index is 0.00000280. The Morgan fingerprint density at radius 1 is 1.29 bits per heavy atom. The van der Waals surface area contributed by atoms with Crippen LogP contribution in [0.5, 0.6) is 0 Å². The minimum atomic E-state index is 0. The summed E-state index contributed by atoms with van der Waals surface area (Å²) >= 11 is 0. The Bertz CT molecular complexity index is 810. The number of aryl methyl sites for hydroxylation is 1. The highest BCUT2D eigenvalue weighted by Crippen LogP contribution is 2.20. The highest BCUT2D eigenvalue weighted by Gasteiger charge is 2.23. The molecule has 28 heavy (non-hydrogen) atoms. The maximum atomic E-state index is 11.6. The van der Waals surface area contributed by atoms with E-state index in [-0.39, 0.29) is 29.9 Å². The lowest BCUT2D eigenvalue weighted by Crippen LogP contribution is -2.46.